The Labute approximate surface area is 224 Å². The van der Waals surface area contributed by atoms with E-state index >= 15 is 0 Å². The van der Waals surface area contributed by atoms with Gasteiger partial charge in [-0.05, 0) is 24.1 Å². The third kappa shape index (κ3) is 7.86. The number of benzene rings is 1. The molecular weight excluding hydrogens is 537 g/mol. The predicted octanol–water partition coefficient (Wildman–Crippen LogP) is 4.23. The molecule has 0 amide bonds. The molecule has 2 aromatic heterocycles. The monoisotopic (exact) mass is 566 g/mol. The van der Waals surface area contributed by atoms with Crippen LogP contribution in [-0.2, 0) is 22.7 Å². The van der Waals surface area contributed by atoms with Crippen LogP contribution >= 0.6 is 0 Å². The Kier molecular flexibility index (Phi) is 9.45. The summed E-state index contributed by atoms with van der Waals surface area (Å²) in [5.74, 6) is -0.976. The zero-order chi connectivity index (χ0) is 28.8. The van der Waals surface area contributed by atoms with Gasteiger partial charge < -0.3 is 15.7 Å². The van der Waals surface area contributed by atoms with Gasteiger partial charge in [0.05, 0.1) is 6.26 Å². The van der Waals surface area contributed by atoms with E-state index in [0.717, 1.165) is 10.6 Å². The first-order valence-corrected chi connectivity index (χ1v) is 13.7. The van der Waals surface area contributed by atoms with Crippen LogP contribution in [0.25, 0.3) is 0 Å². The number of Topliss-reactive ketones (excluding diaryl/α,β-unsaturated/α-hetero) is 1. The zero-order valence-corrected chi connectivity index (χ0v) is 22.3. The fourth-order valence-electron chi connectivity index (χ4n) is 3.59. The second-order valence-corrected chi connectivity index (χ2v) is 10.8. The number of carbonyl (C=O) groups is 1. The Morgan fingerprint density at radius 3 is 2.56 bits per heavy atom. The number of ketones is 1. The summed E-state index contributed by atoms with van der Waals surface area (Å²) in [4.78, 5) is 24.4. The van der Waals surface area contributed by atoms with Crippen molar-refractivity contribution in [3.63, 3.8) is 0 Å². The van der Waals surface area contributed by atoms with E-state index in [4.69, 9.17) is 0 Å². The number of sulfonamides is 1. The average molecular weight is 567 g/mol. The van der Waals surface area contributed by atoms with Crippen molar-refractivity contribution < 1.29 is 31.5 Å². The molecule has 0 saturated heterocycles. The van der Waals surface area contributed by atoms with Gasteiger partial charge in [-0.25, -0.2) is 18.4 Å². The van der Waals surface area contributed by atoms with Crippen LogP contribution in [-0.4, -0.2) is 54.2 Å². The molecule has 0 radical (unpaired) electrons. The molecule has 1 aromatic carbocycles. The quantitative estimate of drug-likeness (QED) is 0.275. The minimum absolute atomic E-state index is 0.0569. The Balaban J connectivity index is 1.87. The summed E-state index contributed by atoms with van der Waals surface area (Å²) in [7, 11) is -2.37. The zero-order valence-electron chi connectivity index (χ0n) is 21.5. The highest BCUT2D eigenvalue weighted by Gasteiger charge is 2.35. The molecule has 3 rings (SSSR count). The molecule has 0 bridgehead atoms. The van der Waals surface area contributed by atoms with Crippen molar-refractivity contribution in [2.75, 3.05) is 34.8 Å². The molecule has 10 nitrogen and oxygen atoms in total. The average Bonchev–Trinajstić information content (AvgIpc) is 2.89. The Hall–Kier alpha value is -3.78. The minimum Gasteiger partial charge on any atom is -0.396 e. The third-order valence-electron chi connectivity index (χ3n) is 5.95. The van der Waals surface area contributed by atoms with E-state index in [1.54, 1.807) is 18.2 Å². The summed E-state index contributed by atoms with van der Waals surface area (Å²) >= 11 is 0. The molecule has 0 fully saturated rings. The van der Waals surface area contributed by atoms with Gasteiger partial charge in [-0.2, -0.15) is 18.2 Å². The molecule has 39 heavy (non-hydrogen) atoms. The first-order valence-electron chi connectivity index (χ1n) is 11.9. The van der Waals surface area contributed by atoms with Crippen LogP contribution in [0, 0.1) is 5.92 Å². The molecule has 1 unspecified atom stereocenters. The van der Waals surface area contributed by atoms with E-state index in [-0.39, 0.29) is 43.0 Å². The maximum absolute atomic E-state index is 13.7. The third-order valence-corrected chi connectivity index (χ3v) is 7.12. The number of hydrogen-bond donors (Lipinski definition) is 3. The number of aliphatic hydroxyl groups is 1. The van der Waals surface area contributed by atoms with E-state index < -0.39 is 27.6 Å². The van der Waals surface area contributed by atoms with E-state index in [2.05, 4.69) is 25.6 Å². The second kappa shape index (κ2) is 12.4. The van der Waals surface area contributed by atoms with Gasteiger partial charge >= 0.3 is 6.18 Å². The van der Waals surface area contributed by atoms with E-state index in [1.165, 1.54) is 31.4 Å². The van der Waals surface area contributed by atoms with E-state index in [9.17, 15) is 31.5 Å². The fourth-order valence-corrected chi connectivity index (χ4v) is 4.07. The Morgan fingerprint density at radius 2 is 1.92 bits per heavy atom. The molecule has 0 saturated carbocycles. The molecular formula is C25H29F3N6O4S. The first kappa shape index (κ1) is 29.8. The molecule has 0 spiro atoms. The highest BCUT2D eigenvalue weighted by Crippen LogP contribution is 2.34. The standard InChI is InChI=1S/C25H29F3N6O4S/c1-4-16(15-35)11-21(36)17-7-5-9-19(12-17)32-24-31-14-20(25(26,27)28)22(33-24)30-13-18-8-6-10-29-23(18)34(2)39(3,37)38/h5-10,12,14,16,35H,4,11,13,15H2,1-3H3,(H2,30,31,32,33). The van der Waals surface area contributed by atoms with Gasteiger partial charge in [0.2, 0.25) is 16.0 Å². The lowest BCUT2D eigenvalue weighted by molar-refractivity contribution is -0.137. The first-order chi connectivity index (χ1) is 18.3. The lowest BCUT2D eigenvalue weighted by atomic mass is 9.96. The summed E-state index contributed by atoms with van der Waals surface area (Å²) in [6.45, 7) is 1.55. The Morgan fingerprint density at radius 1 is 1.18 bits per heavy atom. The van der Waals surface area contributed by atoms with Gasteiger partial charge in [0.25, 0.3) is 0 Å². The number of hydrogen-bond acceptors (Lipinski definition) is 9. The van der Waals surface area contributed by atoms with Crippen LogP contribution < -0.4 is 14.9 Å². The largest absolute Gasteiger partial charge is 0.421 e. The SMILES string of the molecule is CCC(CO)CC(=O)c1cccc(Nc2ncc(C(F)(F)F)c(NCc3cccnc3N(C)S(C)(=O)=O)n2)c1. The molecule has 210 valence electrons. The molecule has 0 aliphatic carbocycles. The van der Waals surface area contributed by atoms with Crippen molar-refractivity contribution in [1.82, 2.24) is 15.0 Å². The predicted molar refractivity (Wildman–Crippen MR) is 141 cm³/mol. The summed E-state index contributed by atoms with van der Waals surface area (Å²) in [6, 6.07) is 9.43. The molecule has 14 heteroatoms. The highest BCUT2D eigenvalue weighted by molar-refractivity contribution is 7.92. The number of anilines is 4. The molecule has 0 aliphatic rings. The normalized spacial score (nSPS) is 12.6. The van der Waals surface area contributed by atoms with Crippen molar-refractivity contribution in [3.05, 3.63) is 65.5 Å². The Bertz CT molecular complexity index is 1410. The van der Waals surface area contributed by atoms with Gasteiger partial charge in [0.15, 0.2) is 5.78 Å². The number of nitrogens with one attached hydrogen (secondary N) is 2. The van der Waals surface area contributed by atoms with Gasteiger partial charge in [0.1, 0.15) is 17.2 Å². The number of carbonyl (C=O) groups excluding carboxylic acids is 1. The number of aromatic nitrogens is 3. The fraction of sp³-hybridized carbons (Fsp3) is 0.360. The number of nitrogens with zero attached hydrogens (tertiary/aromatic N) is 4. The van der Waals surface area contributed by atoms with Crippen molar-refractivity contribution >= 4 is 39.1 Å². The van der Waals surface area contributed by atoms with E-state index in [1.807, 2.05) is 6.92 Å². The van der Waals surface area contributed by atoms with Gasteiger partial charge in [-0.3, -0.25) is 9.10 Å². The molecule has 0 aliphatic heterocycles. The molecule has 2 heterocycles. The summed E-state index contributed by atoms with van der Waals surface area (Å²) in [5.41, 5.74) is -0.0381. The smallest absolute Gasteiger partial charge is 0.396 e. The van der Waals surface area contributed by atoms with Gasteiger partial charge in [-0.1, -0.05) is 31.5 Å². The number of rotatable bonds is 12. The van der Waals surface area contributed by atoms with Crippen LogP contribution in [0.4, 0.5) is 36.4 Å². The number of aliphatic hydroxyl groups excluding tert-OH is 1. The van der Waals surface area contributed by atoms with Crippen molar-refractivity contribution in [2.24, 2.45) is 5.92 Å². The molecule has 1 atom stereocenters. The topological polar surface area (TPSA) is 137 Å². The summed E-state index contributed by atoms with van der Waals surface area (Å²) in [5, 5.41) is 14.8. The number of halogens is 3. The number of pyridine rings is 1. The van der Waals surface area contributed by atoms with Crippen LogP contribution in [0.15, 0.2) is 48.8 Å². The van der Waals surface area contributed by atoms with Crippen LogP contribution in [0.5, 0.6) is 0 Å². The van der Waals surface area contributed by atoms with Crippen LogP contribution in [0.1, 0.15) is 41.3 Å². The number of alkyl halides is 3. The van der Waals surface area contributed by atoms with E-state index in [0.29, 0.717) is 29.4 Å². The molecule has 3 aromatic rings. The van der Waals surface area contributed by atoms with Gasteiger partial charge in [0, 0.05) is 55.8 Å². The maximum atomic E-state index is 13.7. The second-order valence-electron chi connectivity index (χ2n) is 8.81. The lowest BCUT2D eigenvalue weighted by Gasteiger charge is -2.20. The summed E-state index contributed by atoms with van der Waals surface area (Å²) in [6.07, 6.45) is -0.976. The van der Waals surface area contributed by atoms with Crippen molar-refractivity contribution in [3.8, 4) is 0 Å². The highest BCUT2D eigenvalue weighted by atomic mass is 32.2. The van der Waals surface area contributed by atoms with Gasteiger partial charge in [-0.15, -0.1) is 0 Å². The minimum atomic E-state index is -4.77. The maximum Gasteiger partial charge on any atom is 0.421 e. The lowest BCUT2D eigenvalue weighted by Crippen LogP contribution is -2.27. The summed E-state index contributed by atoms with van der Waals surface area (Å²) < 4.78 is 66.0. The van der Waals surface area contributed by atoms with Crippen molar-refractivity contribution in [1.29, 1.82) is 0 Å². The van der Waals surface area contributed by atoms with Crippen LogP contribution in [0.2, 0.25) is 0 Å². The van der Waals surface area contributed by atoms with Crippen molar-refractivity contribution in [2.45, 2.75) is 32.5 Å². The molecule has 3 N–H and O–H groups in total. The van der Waals surface area contributed by atoms with Crippen LogP contribution in [0.3, 0.4) is 0 Å².